The van der Waals surface area contributed by atoms with Gasteiger partial charge in [-0.1, -0.05) is 12.1 Å². The summed E-state index contributed by atoms with van der Waals surface area (Å²) in [6.45, 7) is 0. The van der Waals surface area contributed by atoms with E-state index in [9.17, 15) is 21.6 Å². The minimum Gasteiger partial charge on any atom is -0.302 e. The first-order valence-corrected chi connectivity index (χ1v) is 12.2. The quantitative estimate of drug-likeness (QED) is 0.769. The molecule has 1 aliphatic heterocycles. The number of nitrogens with zero attached hydrogens (tertiary/aromatic N) is 2. The fourth-order valence-electron chi connectivity index (χ4n) is 2.68. The molecule has 0 spiro atoms. The number of carbonyl (C=O) groups is 1. The summed E-state index contributed by atoms with van der Waals surface area (Å²) in [7, 11) is -3.69. The molecule has 1 aromatic heterocycles. The van der Waals surface area contributed by atoms with Gasteiger partial charge < -0.3 is 5.32 Å². The number of aromatic nitrogens is 1. The van der Waals surface area contributed by atoms with Crippen LogP contribution in [0, 0.1) is 5.92 Å². The molecular weight excluding hydrogens is 410 g/mol. The highest BCUT2D eigenvalue weighted by molar-refractivity contribution is 7.91. The Morgan fingerprint density at radius 2 is 1.93 bits per heavy atom. The Balaban J connectivity index is 1.72. The molecule has 2 heterocycles. The zero-order chi connectivity index (χ0) is 19.8. The summed E-state index contributed by atoms with van der Waals surface area (Å²) in [6, 6.07) is 6.32. The second kappa shape index (κ2) is 7.30. The largest absolute Gasteiger partial charge is 0.302 e. The van der Waals surface area contributed by atoms with Gasteiger partial charge in [-0.05, 0) is 18.6 Å². The summed E-state index contributed by atoms with van der Waals surface area (Å²) in [4.78, 5) is 16.7. The maximum atomic E-state index is 12.2. The molecule has 1 atom stereocenters. The predicted octanol–water partition coefficient (Wildman–Crippen LogP) is 1.43. The fourth-order valence-corrected chi connectivity index (χ4v) is 6.05. The zero-order valence-corrected chi connectivity index (χ0v) is 17.2. The number of amides is 1. The van der Waals surface area contributed by atoms with Crippen LogP contribution in [-0.2, 0) is 24.7 Å². The molecule has 1 aromatic carbocycles. The number of hydrogen-bond donors (Lipinski definition) is 1. The van der Waals surface area contributed by atoms with E-state index in [0.29, 0.717) is 22.8 Å². The van der Waals surface area contributed by atoms with Crippen LogP contribution in [0.3, 0.4) is 0 Å². The van der Waals surface area contributed by atoms with Crippen molar-refractivity contribution in [2.24, 2.45) is 5.92 Å². The van der Waals surface area contributed by atoms with Crippen molar-refractivity contribution >= 4 is 42.2 Å². The first-order chi connectivity index (χ1) is 12.6. The maximum absolute atomic E-state index is 12.2. The average Bonchev–Trinajstić information content (AvgIpc) is 3.21. The van der Waals surface area contributed by atoms with Crippen LogP contribution in [0.5, 0.6) is 0 Å². The van der Waals surface area contributed by atoms with Crippen molar-refractivity contribution in [1.82, 2.24) is 9.29 Å². The molecule has 1 aliphatic rings. The van der Waals surface area contributed by atoms with Gasteiger partial charge in [-0.3, -0.25) is 4.79 Å². The van der Waals surface area contributed by atoms with Crippen molar-refractivity contribution in [3.05, 3.63) is 29.6 Å². The molecule has 8 nitrogen and oxygen atoms in total. The lowest BCUT2D eigenvalue weighted by atomic mass is 10.1. The van der Waals surface area contributed by atoms with Gasteiger partial charge in [0.05, 0.1) is 28.0 Å². The number of benzene rings is 1. The van der Waals surface area contributed by atoms with Crippen molar-refractivity contribution in [1.29, 1.82) is 0 Å². The normalized spacial score (nSPS) is 19.3. The molecule has 0 bridgehead atoms. The number of anilines is 1. The molecule has 1 saturated heterocycles. The Morgan fingerprint density at radius 3 is 2.48 bits per heavy atom. The minimum absolute atomic E-state index is 0.0381. The van der Waals surface area contributed by atoms with Crippen LogP contribution in [-0.4, -0.2) is 57.6 Å². The van der Waals surface area contributed by atoms with Gasteiger partial charge in [-0.15, -0.1) is 11.3 Å². The highest BCUT2D eigenvalue weighted by atomic mass is 32.2. The highest BCUT2D eigenvalue weighted by Crippen LogP contribution is 2.27. The third-order valence-electron chi connectivity index (χ3n) is 4.27. The Morgan fingerprint density at radius 1 is 1.26 bits per heavy atom. The molecule has 1 amide bonds. The smallest absolute Gasteiger partial charge is 0.242 e. The van der Waals surface area contributed by atoms with Crippen molar-refractivity contribution in [2.45, 2.75) is 11.3 Å². The number of carbonyl (C=O) groups excluding carboxylic acids is 1. The van der Waals surface area contributed by atoms with Gasteiger partial charge in [0.2, 0.25) is 15.9 Å². The van der Waals surface area contributed by atoms with Crippen LogP contribution in [0.1, 0.15) is 6.42 Å². The molecule has 1 unspecified atom stereocenters. The summed E-state index contributed by atoms with van der Waals surface area (Å²) in [5.41, 5.74) is 1.32. The minimum atomic E-state index is -3.50. The molecule has 11 heteroatoms. The molecule has 0 radical (unpaired) electrons. The Labute approximate surface area is 162 Å². The Bertz CT molecular complexity index is 1060. The number of hydrogen-bond acceptors (Lipinski definition) is 7. The van der Waals surface area contributed by atoms with Crippen LogP contribution >= 0.6 is 11.3 Å². The van der Waals surface area contributed by atoms with Crippen molar-refractivity contribution in [2.75, 3.05) is 30.9 Å². The van der Waals surface area contributed by atoms with E-state index < -0.39 is 25.8 Å². The topological polar surface area (TPSA) is 114 Å². The van der Waals surface area contributed by atoms with E-state index in [4.69, 9.17) is 0 Å². The molecule has 146 valence electrons. The van der Waals surface area contributed by atoms with Gasteiger partial charge in [0.15, 0.2) is 15.0 Å². The first-order valence-electron chi connectivity index (χ1n) is 8.08. The van der Waals surface area contributed by atoms with E-state index in [0.717, 1.165) is 4.31 Å². The molecule has 3 rings (SSSR count). The van der Waals surface area contributed by atoms with E-state index in [1.165, 1.54) is 37.6 Å². The molecule has 1 fully saturated rings. The van der Waals surface area contributed by atoms with Gasteiger partial charge in [-0.2, -0.15) is 0 Å². The second-order valence-corrected chi connectivity index (χ2v) is 11.7. The lowest BCUT2D eigenvalue weighted by Crippen LogP contribution is -2.23. The number of nitrogens with one attached hydrogen (secondary N) is 1. The van der Waals surface area contributed by atoms with Crippen molar-refractivity contribution in [3.8, 4) is 11.3 Å². The molecule has 27 heavy (non-hydrogen) atoms. The van der Waals surface area contributed by atoms with Gasteiger partial charge in [0, 0.05) is 25.0 Å². The van der Waals surface area contributed by atoms with Gasteiger partial charge in [0.1, 0.15) is 0 Å². The molecule has 0 saturated carbocycles. The van der Waals surface area contributed by atoms with Crippen LogP contribution in [0.15, 0.2) is 34.5 Å². The van der Waals surface area contributed by atoms with E-state index in [1.807, 2.05) is 0 Å². The summed E-state index contributed by atoms with van der Waals surface area (Å²) in [5.74, 6) is -0.975. The third-order valence-corrected chi connectivity index (χ3v) is 8.62. The van der Waals surface area contributed by atoms with Crippen LogP contribution in [0.2, 0.25) is 0 Å². The predicted molar refractivity (Wildman–Crippen MR) is 104 cm³/mol. The summed E-state index contributed by atoms with van der Waals surface area (Å²) in [6.07, 6.45) is 0.328. The zero-order valence-electron chi connectivity index (χ0n) is 14.7. The van der Waals surface area contributed by atoms with Crippen molar-refractivity contribution in [3.63, 3.8) is 0 Å². The molecular formula is C16H19N3O5S3. The molecule has 0 aliphatic carbocycles. The lowest BCUT2D eigenvalue weighted by Gasteiger charge is -2.11. The standard InChI is InChI=1S/C16H19N3O5S3/c1-19(2)27(23,24)13-5-3-11(4-6-13)14-9-25-16(17-14)18-15(20)12-7-8-26(21,22)10-12/h3-6,9,12H,7-8,10H2,1-2H3,(H,17,18,20). The third kappa shape index (κ3) is 4.37. The Kier molecular flexibility index (Phi) is 5.39. The van der Waals surface area contributed by atoms with Crippen LogP contribution in [0.25, 0.3) is 11.3 Å². The van der Waals surface area contributed by atoms with Crippen LogP contribution in [0.4, 0.5) is 5.13 Å². The lowest BCUT2D eigenvalue weighted by molar-refractivity contribution is -0.119. The van der Waals surface area contributed by atoms with E-state index in [1.54, 1.807) is 17.5 Å². The molecule has 1 N–H and O–H groups in total. The average molecular weight is 430 g/mol. The molecule has 2 aromatic rings. The Hall–Kier alpha value is -1.82. The first kappa shape index (κ1) is 19.9. The van der Waals surface area contributed by atoms with Crippen molar-refractivity contribution < 1.29 is 21.6 Å². The summed E-state index contributed by atoms with van der Waals surface area (Å²) >= 11 is 1.23. The van der Waals surface area contributed by atoms with Gasteiger partial charge in [-0.25, -0.2) is 26.1 Å². The number of thiazole rings is 1. The maximum Gasteiger partial charge on any atom is 0.242 e. The number of rotatable bonds is 5. The van der Waals surface area contributed by atoms with E-state index >= 15 is 0 Å². The number of sulfone groups is 1. The number of sulfonamides is 1. The van der Waals surface area contributed by atoms with Gasteiger partial charge in [0.25, 0.3) is 0 Å². The van der Waals surface area contributed by atoms with Gasteiger partial charge >= 0.3 is 0 Å². The van der Waals surface area contributed by atoms with E-state index in [-0.39, 0.29) is 22.3 Å². The summed E-state index contributed by atoms with van der Waals surface area (Å²) in [5, 5.41) is 4.79. The fraction of sp³-hybridized carbons (Fsp3) is 0.375. The van der Waals surface area contributed by atoms with Crippen LogP contribution < -0.4 is 5.32 Å². The second-order valence-electron chi connectivity index (χ2n) is 6.44. The summed E-state index contributed by atoms with van der Waals surface area (Å²) < 4.78 is 48.3. The SMILES string of the molecule is CN(C)S(=O)(=O)c1ccc(-c2csc(NC(=O)C3CCS(=O)(=O)C3)n2)cc1. The van der Waals surface area contributed by atoms with E-state index in [2.05, 4.69) is 10.3 Å². The highest BCUT2D eigenvalue weighted by Gasteiger charge is 2.33. The monoisotopic (exact) mass is 429 g/mol.